The normalized spacial score (nSPS) is 13.0. The van der Waals surface area contributed by atoms with Gasteiger partial charge in [-0.15, -0.1) is 0 Å². The van der Waals surface area contributed by atoms with Crippen LogP contribution in [0.25, 0.3) is 0 Å². The quantitative estimate of drug-likeness (QED) is 0.605. The molecule has 0 aliphatic carbocycles. The Morgan fingerprint density at radius 1 is 1.00 bits per heavy atom. The van der Waals surface area contributed by atoms with E-state index in [2.05, 4.69) is 5.10 Å². The van der Waals surface area contributed by atoms with Gasteiger partial charge in [0.05, 0.1) is 16.8 Å². The molecule has 7 heteroatoms. The van der Waals surface area contributed by atoms with Gasteiger partial charge in [-0.3, -0.25) is 19.3 Å². The molecule has 0 fully saturated rings. The maximum absolute atomic E-state index is 12.3. The molecule has 0 N–H and O–H groups in total. The minimum Gasteiger partial charge on any atom is -0.274 e. The van der Waals surface area contributed by atoms with E-state index in [0.29, 0.717) is 41.8 Å². The number of benzene rings is 1. The third-order valence-electron chi connectivity index (χ3n) is 4.63. The van der Waals surface area contributed by atoms with Crippen molar-refractivity contribution >= 4 is 11.8 Å². The van der Waals surface area contributed by atoms with E-state index in [9.17, 15) is 14.4 Å². The Morgan fingerprint density at radius 2 is 1.58 bits per heavy atom. The highest BCUT2D eigenvalue weighted by atomic mass is 16.2. The van der Waals surface area contributed by atoms with Crippen molar-refractivity contribution in [3.63, 3.8) is 0 Å². The van der Waals surface area contributed by atoms with Gasteiger partial charge in [0.2, 0.25) is 0 Å². The minimum absolute atomic E-state index is 0.109. The van der Waals surface area contributed by atoms with E-state index >= 15 is 0 Å². The van der Waals surface area contributed by atoms with E-state index in [1.54, 1.807) is 38.1 Å². The molecule has 26 heavy (non-hydrogen) atoms. The van der Waals surface area contributed by atoms with Gasteiger partial charge in [0.15, 0.2) is 0 Å². The van der Waals surface area contributed by atoms with Crippen LogP contribution < -0.4 is 5.56 Å². The number of rotatable bonds is 5. The number of fused-ring (bicyclic) bond motifs is 1. The number of unbranched alkanes of at least 4 members (excludes halogenated alkanes) is 1. The van der Waals surface area contributed by atoms with Gasteiger partial charge < -0.3 is 0 Å². The third kappa shape index (κ3) is 2.90. The lowest BCUT2D eigenvalue weighted by atomic mass is 10.1. The fourth-order valence-corrected chi connectivity index (χ4v) is 3.03. The highest BCUT2D eigenvalue weighted by molar-refractivity contribution is 6.21. The summed E-state index contributed by atoms with van der Waals surface area (Å²) in [6.07, 6.45) is 1.11. The lowest BCUT2D eigenvalue weighted by Crippen LogP contribution is -2.31. The van der Waals surface area contributed by atoms with Crippen molar-refractivity contribution in [1.82, 2.24) is 14.7 Å². The highest BCUT2D eigenvalue weighted by Crippen LogP contribution is 2.22. The molecule has 2 heterocycles. The van der Waals surface area contributed by atoms with Crippen molar-refractivity contribution in [3.05, 3.63) is 62.6 Å². The van der Waals surface area contributed by atoms with Crippen LogP contribution in [0.3, 0.4) is 0 Å². The van der Waals surface area contributed by atoms with Crippen LogP contribution >= 0.6 is 0 Å². The number of aromatic nitrogens is 2. The van der Waals surface area contributed by atoms with Crippen LogP contribution in [0.5, 0.6) is 0 Å². The first-order valence-electron chi connectivity index (χ1n) is 8.39. The standard InChI is InChI=1S/C19H18N4O3/c1-12-13(2)21-23(19(26)16(12)11-20)10-6-5-9-22-17(24)14-7-3-4-8-15(14)18(22)25/h3-4,7-8H,5-6,9-10H2,1-2H3. The molecular weight excluding hydrogens is 332 g/mol. The number of nitriles is 1. The molecule has 2 amide bonds. The number of imide groups is 1. The van der Waals surface area contributed by atoms with Crippen LogP contribution in [0.1, 0.15) is 50.4 Å². The maximum Gasteiger partial charge on any atom is 0.284 e. The summed E-state index contributed by atoms with van der Waals surface area (Å²) in [6.45, 7) is 4.08. The Bertz CT molecular complexity index is 966. The Morgan fingerprint density at radius 3 is 2.15 bits per heavy atom. The van der Waals surface area contributed by atoms with E-state index in [1.807, 2.05) is 6.07 Å². The molecule has 7 nitrogen and oxygen atoms in total. The van der Waals surface area contributed by atoms with Gasteiger partial charge in [0.25, 0.3) is 17.4 Å². The zero-order valence-electron chi connectivity index (χ0n) is 14.7. The molecule has 1 aromatic heterocycles. The monoisotopic (exact) mass is 350 g/mol. The van der Waals surface area contributed by atoms with E-state index in [4.69, 9.17) is 5.26 Å². The average Bonchev–Trinajstić information content (AvgIpc) is 2.88. The first-order chi connectivity index (χ1) is 12.5. The molecule has 1 aliphatic rings. The van der Waals surface area contributed by atoms with Gasteiger partial charge in [0, 0.05) is 13.1 Å². The van der Waals surface area contributed by atoms with Crippen LogP contribution in [-0.4, -0.2) is 33.0 Å². The van der Waals surface area contributed by atoms with Crippen LogP contribution in [0.4, 0.5) is 0 Å². The summed E-state index contributed by atoms with van der Waals surface area (Å²) in [6, 6.07) is 8.70. The molecule has 0 unspecified atom stereocenters. The minimum atomic E-state index is -0.406. The fourth-order valence-electron chi connectivity index (χ4n) is 3.03. The molecule has 3 rings (SSSR count). The van der Waals surface area contributed by atoms with Crippen LogP contribution in [0, 0.1) is 25.2 Å². The van der Waals surface area contributed by atoms with Crippen LogP contribution in [-0.2, 0) is 6.54 Å². The molecule has 1 aliphatic heterocycles. The molecule has 0 atom stereocenters. The lowest BCUT2D eigenvalue weighted by Gasteiger charge is -2.14. The van der Waals surface area contributed by atoms with Crippen LogP contribution in [0.2, 0.25) is 0 Å². The summed E-state index contributed by atoms with van der Waals surface area (Å²) < 4.78 is 1.28. The fraction of sp³-hybridized carbons (Fsp3) is 0.316. The molecular formula is C19H18N4O3. The predicted molar refractivity (Wildman–Crippen MR) is 93.7 cm³/mol. The number of hydrogen-bond donors (Lipinski definition) is 0. The summed E-state index contributed by atoms with van der Waals surface area (Å²) in [5.41, 5.74) is 1.81. The van der Waals surface area contributed by atoms with Gasteiger partial charge in [-0.05, 0) is 44.4 Å². The summed E-state index contributed by atoms with van der Waals surface area (Å²) in [5, 5.41) is 13.4. The first-order valence-corrected chi connectivity index (χ1v) is 8.39. The second-order valence-electron chi connectivity index (χ2n) is 6.24. The van der Waals surface area contributed by atoms with Crippen molar-refractivity contribution in [2.75, 3.05) is 6.54 Å². The van der Waals surface area contributed by atoms with E-state index in [1.165, 1.54) is 9.58 Å². The van der Waals surface area contributed by atoms with Gasteiger partial charge in [-0.2, -0.15) is 10.4 Å². The van der Waals surface area contributed by atoms with Crippen molar-refractivity contribution in [2.24, 2.45) is 0 Å². The molecule has 2 aromatic rings. The molecule has 132 valence electrons. The third-order valence-corrected chi connectivity index (χ3v) is 4.63. The Labute approximate surface area is 150 Å². The predicted octanol–water partition coefficient (Wildman–Crippen LogP) is 1.81. The number of carbonyl (C=O) groups is 2. The number of nitrogens with zero attached hydrogens (tertiary/aromatic N) is 4. The zero-order valence-corrected chi connectivity index (χ0v) is 14.7. The molecule has 0 saturated carbocycles. The largest absolute Gasteiger partial charge is 0.284 e. The molecule has 0 spiro atoms. The van der Waals surface area contributed by atoms with Gasteiger partial charge >= 0.3 is 0 Å². The smallest absolute Gasteiger partial charge is 0.274 e. The number of carbonyl (C=O) groups excluding carboxylic acids is 2. The number of amides is 2. The molecule has 0 saturated heterocycles. The van der Waals surface area contributed by atoms with E-state index in [-0.39, 0.29) is 23.9 Å². The van der Waals surface area contributed by atoms with Gasteiger partial charge in [0.1, 0.15) is 11.6 Å². The topological polar surface area (TPSA) is 96.1 Å². The first kappa shape index (κ1) is 17.5. The SMILES string of the molecule is Cc1nn(CCCCN2C(=O)c3ccccc3C2=O)c(=O)c(C#N)c1C. The highest BCUT2D eigenvalue weighted by Gasteiger charge is 2.34. The summed E-state index contributed by atoms with van der Waals surface area (Å²) in [7, 11) is 0. The van der Waals surface area contributed by atoms with Crippen LogP contribution in [0.15, 0.2) is 29.1 Å². The lowest BCUT2D eigenvalue weighted by molar-refractivity contribution is 0.0651. The zero-order chi connectivity index (χ0) is 18.8. The molecule has 0 bridgehead atoms. The van der Waals surface area contributed by atoms with Gasteiger partial charge in [-0.25, -0.2) is 4.68 Å². The summed E-state index contributed by atoms with van der Waals surface area (Å²) in [4.78, 5) is 38.1. The Balaban J connectivity index is 1.64. The van der Waals surface area contributed by atoms with Crippen molar-refractivity contribution in [2.45, 2.75) is 33.2 Å². The van der Waals surface area contributed by atoms with E-state index in [0.717, 1.165) is 0 Å². The van der Waals surface area contributed by atoms with Crippen molar-refractivity contribution in [3.8, 4) is 6.07 Å². The van der Waals surface area contributed by atoms with E-state index < -0.39 is 5.56 Å². The maximum atomic E-state index is 12.3. The molecule has 1 aromatic carbocycles. The van der Waals surface area contributed by atoms with Crippen molar-refractivity contribution in [1.29, 1.82) is 5.26 Å². The Hall–Kier alpha value is -3.27. The molecule has 0 radical (unpaired) electrons. The van der Waals surface area contributed by atoms with Crippen molar-refractivity contribution < 1.29 is 9.59 Å². The van der Waals surface area contributed by atoms with Gasteiger partial charge in [-0.1, -0.05) is 12.1 Å². The summed E-state index contributed by atoms with van der Waals surface area (Å²) >= 11 is 0. The average molecular weight is 350 g/mol. The summed E-state index contributed by atoms with van der Waals surface area (Å²) in [5.74, 6) is -0.558. The second kappa shape index (κ2) is 6.92. The Kier molecular flexibility index (Phi) is 4.67. The second-order valence-corrected chi connectivity index (χ2v) is 6.24. The number of hydrogen-bond acceptors (Lipinski definition) is 5. The number of aryl methyl sites for hydroxylation is 2.